The summed E-state index contributed by atoms with van der Waals surface area (Å²) in [6.07, 6.45) is 3.39. The zero-order chi connectivity index (χ0) is 15.4. The first-order valence-electron chi connectivity index (χ1n) is 6.60. The molecule has 1 aromatic carbocycles. The van der Waals surface area contributed by atoms with E-state index < -0.39 is 0 Å². The Morgan fingerprint density at radius 2 is 1.32 bits per heavy atom. The average molecular weight is 282 g/mol. The fourth-order valence-electron chi connectivity index (χ4n) is 2.11. The molecule has 22 heavy (non-hydrogen) atoms. The summed E-state index contributed by atoms with van der Waals surface area (Å²) in [4.78, 5) is 11.4. The van der Waals surface area contributed by atoms with Gasteiger partial charge in [-0.25, -0.2) is 4.98 Å². The molecule has 0 aliphatic rings. The number of hydrogen-bond acceptors (Lipinski definition) is 3. The number of pyridine rings is 2. The summed E-state index contributed by atoms with van der Waals surface area (Å²) >= 11 is 0. The first-order chi connectivity index (χ1) is 10.8. The largest absolute Gasteiger partial charge is 0.361 e. The van der Waals surface area contributed by atoms with Crippen molar-refractivity contribution in [3.63, 3.8) is 0 Å². The third-order valence-corrected chi connectivity index (χ3v) is 3.29. The lowest BCUT2D eigenvalue weighted by molar-refractivity contribution is 1.26. The zero-order valence-corrected chi connectivity index (χ0v) is 11.6. The maximum atomic E-state index is 8.76. The number of nitriles is 1. The molecule has 0 N–H and O–H groups in total. The summed E-state index contributed by atoms with van der Waals surface area (Å²) in [7, 11) is 0. The van der Waals surface area contributed by atoms with Gasteiger partial charge in [0, 0.05) is 17.3 Å². The van der Waals surface area contributed by atoms with Gasteiger partial charge in [0.05, 0.1) is 0 Å². The van der Waals surface area contributed by atoms with Crippen LogP contribution in [0.15, 0.2) is 60.9 Å². The molecule has 2 heterocycles. The van der Waals surface area contributed by atoms with Gasteiger partial charge in [-0.2, -0.15) is 5.26 Å². The highest BCUT2D eigenvalue weighted by Gasteiger charge is 2.03. The number of benzene rings is 1. The van der Waals surface area contributed by atoms with E-state index in [-0.39, 0.29) is 0 Å². The van der Waals surface area contributed by atoms with Crippen LogP contribution in [0.4, 0.5) is 5.82 Å². The van der Waals surface area contributed by atoms with Gasteiger partial charge in [-0.15, -0.1) is 4.98 Å². The lowest BCUT2D eigenvalue weighted by Gasteiger charge is -2.04. The molecule has 0 aliphatic carbocycles. The smallest absolute Gasteiger partial charge is 0.269 e. The van der Waals surface area contributed by atoms with Gasteiger partial charge in [0.15, 0.2) is 0 Å². The maximum absolute atomic E-state index is 8.76. The van der Waals surface area contributed by atoms with Crippen LogP contribution in [0.2, 0.25) is 0 Å². The molecule has 0 saturated carbocycles. The minimum Gasteiger partial charge on any atom is -0.361 e. The summed E-state index contributed by atoms with van der Waals surface area (Å²) in [5, 5.41) is 8.76. The molecule has 0 atom stereocenters. The number of rotatable bonds is 2. The highest BCUT2D eigenvalue weighted by atomic mass is 14.8. The second-order valence-electron chi connectivity index (χ2n) is 4.64. The van der Waals surface area contributed by atoms with Crippen molar-refractivity contribution in [1.29, 1.82) is 5.26 Å². The molecule has 0 bridgehead atoms. The minimum absolute atomic E-state index is 0.393. The molecule has 0 unspecified atom stereocenters. The monoisotopic (exact) mass is 282 g/mol. The molecule has 4 heteroatoms. The highest BCUT2D eigenvalue weighted by Crippen LogP contribution is 2.25. The summed E-state index contributed by atoms with van der Waals surface area (Å²) < 4.78 is 0. The highest BCUT2D eigenvalue weighted by molar-refractivity contribution is 5.70. The van der Waals surface area contributed by atoms with E-state index in [1.54, 1.807) is 24.5 Å². The van der Waals surface area contributed by atoms with Crippen LogP contribution in [-0.4, -0.2) is 9.97 Å². The van der Waals surface area contributed by atoms with Crippen molar-refractivity contribution >= 4 is 5.82 Å². The van der Waals surface area contributed by atoms with Gasteiger partial charge in [-0.1, -0.05) is 36.9 Å². The van der Waals surface area contributed by atoms with Crippen molar-refractivity contribution in [2.45, 2.75) is 0 Å². The molecule has 0 saturated heterocycles. The molecule has 102 valence electrons. The van der Waals surface area contributed by atoms with Crippen molar-refractivity contribution < 1.29 is 0 Å². The van der Waals surface area contributed by atoms with Crippen LogP contribution in [0.1, 0.15) is 5.69 Å². The molecule has 0 amide bonds. The average Bonchev–Trinajstić information content (AvgIpc) is 2.62. The molecule has 0 aliphatic heterocycles. The van der Waals surface area contributed by atoms with E-state index in [1.165, 1.54) is 0 Å². The van der Waals surface area contributed by atoms with E-state index in [0.717, 1.165) is 22.3 Å². The second kappa shape index (κ2) is 5.87. The Balaban J connectivity index is 1.88. The lowest BCUT2D eigenvalue weighted by atomic mass is 10.0. The number of aromatic nitrogens is 2. The molecule has 0 spiro atoms. The molecular formula is C18H10N4. The van der Waals surface area contributed by atoms with Gasteiger partial charge in [-0.3, -0.25) is 0 Å². The Kier molecular flexibility index (Phi) is 3.59. The Labute approximate surface area is 128 Å². The van der Waals surface area contributed by atoms with E-state index in [2.05, 4.69) is 14.8 Å². The van der Waals surface area contributed by atoms with Gasteiger partial charge in [0.1, 0.15) is 18.0 Å². The van der Waals surface area contributed by atoms with Gasteiger partial charge >= 0.3 is 0 Å². The third kappa shape index (κ3) is 2.67. The van der Waals surface area contributed by atoms with Crippen LogP contribution in [0.25, 0.3) is 27.1 Å². The third-order valence-electron chi connectivity index (χ3n) is 3.29. The van der Waals surface area contributed by atoms with Crippen LogP contribution in [0.5, 0.6) is 0 Å². The molecular weight excluding hydrogens is 272 g/mol. The number of hydrogen-bond donors (Lipinski definition) is 0. The van der Waals surface area contributed by atoms with E-state index in [0.29, 0.717) is 11.5 Å². The lowest BCUT2D eigenvalue weighted by Crippen LogP contribution is -1.85. The first-order valence-corrected chi connectivity index (χ1v) is 6.60. The Morgan fingerprint density at radius 3 is 1.73 bits per heavy atom. The summed E-state index contributed by atoms with van der Waals surface area (Å²) in [5.41, 5.74) is 4.41. The SMILES string of the molecule is [C-]#[N+]c1ccc(-c2ccc(-c3ccc(C#N)nc3)cc2)cn1. The molecule has 2 aromatic heterocycles. The fourth-order valence-corrected chi connectivity index (χ4v) is 2.11. The van der Waals surface area contributed by atoms with Gasteiger partial charge in [-0.05, 0) is 29.3 Å². The molecule has 3 rings (SSSR count). The maximum Gasteiger partial charge on any atom is 0.269 e. The van der Waals surface area contributed by atoms with E-state index in [9.17, 15) is 0 Å². The Morgan fingerprint density at radius 1 is 0.773 bits per heavy atom. The van der Waals surface area contributed by atoms with Crippen LogP contribution in [-0.2, 0) is 0 Å². The fraction of sp³-hybridized carbons (Fsp3) is 0. The minimum atomic E-state index is 0.393. The Bertz CT molecular complexity index is 788. The van der Waals surface area contributed by atoms with Gasteiger partial charge in [0.2, 0.25) is 0 Å². The van der Waals surface area contributed by atoms with Crippen LogP contribution in [0, 0.1) is 17.9 Å². The summed E-state index contributed by atoms with van der Waals surface area (Å²) in [6, 6.07) is 17.2. The normalized spacial score (nSPS) is 9.73. The molecule has 4 nitrogen and oxygen atoms in total. The summed E-state index contributed by atoms with van der Waals surface area (Å²) in [5.74, 6) is 0.393. The van der Waals surface area contributed by atoms with Crippen molar-refractivity contribution in [2.24, 2.45) is 0 Å². The predicted molar refractivity (Wildman–Crippen MR) is 83.9 cm³/mol. The van der Waals surface area contributed by atoms with Crippen LogP contribution >= 0.6 is 0 Å². The van der Waals surface area contributed by atoms with E-state index >= 15 is 0 Å². The van der Waals surface area contributed by atoms with Crippen molar-refractivity contribution in [1.82, 2.24) is 9.97 Å². The van der Waals surface area contributed by atoms with Gasteiger partial charge in [0.25, 0.3) is 5.82 Å². The quantitative estimate of drug-likeness (QED) is 0.661. The Hall–Kier alpha value is -3.50. The van der Waals surface area contributed by atoms with Crippen LogP contribution in [0.3, 0.4) is 0 Å². The van der Waals surface area contributed by atoms with Gasteiger partial charge < -0.3 is 4.85 Å². The predicted octanol–water partition coefficient (Wildman–Crippen LogP) is 4.23. The van der Waals surface area contributed by atoms with Crippen molar-refractivity contribution in [3.05, 3.63) is 78.0 Å². The molecule has 3 aromatic rings. The first kappa shape index (κ1) is 13.5. The number of nitrogens with zero attached hydrogens (tertiary/aromatic N) is 4. The second-order valence-corrected chi connectivity index (χ2v) is 4.64. The van der Waals surface area contributed by atoms with E-state index in [1.807, 2.05) is 42.5 Å². The van der Waals surface area contributed by atoms with E-state index in [4.69, 9.17) is 11.8 Å². The zero-order valence-electron chi connectivity index (χ0n) is 11.6. The summed E-state index contributed by atoms with van der Waals surface area (Å²) in [6.45, 7) is 6.91. The van der Waals surface area contributed by atoms with Crippen molar-refractivity contribution in [3.8, 4) is 28.3 Å². The van der Waals surface area contributed by atoms with Crippen LogP contribution < -0.4 is 0 Å². The molecule has 0 radical (unpaired) electrons. The molecule has 0 fully saturated rings. The topological polar surface area (TPSA) is 53.9 Å². The standard InChI is InChI=1S/C18H10N4/c1-20-18-9-7-16(12-22-18)14-4-2-13(3-5-14)15-6-8-17(10-19)21-11-15/h2-9,11-12H. The van der Waals surface area contributed by atoms with Crippen molar-refractivity contribution in [2.75, 3.05) is 0 Å².